The summed E-state index contributed by atoms with van der Waals surface area (Å²) in [6.45, 7) is 0. The van der Waals surface area contributed by atoms with Gasteiger partial charge in [-0.1, -0.05) is 23.3 Å². The van der Waals surface area contributed by atoms with E-state index < -0.39 is 17.8 Å². The molecule has 0 atom stereocenters. The maximum absolute atomic E-state index is 12.4. The third-order valence-corrected chi connectivity index (χ3v) is 4.20. The Bertz CT molecular complexity index is 913. The smallest absolute Gasteiger partial charge is 0.349 e. The van der Waals surface area contributed by atoms with Crippen LogP contribution in [0.4, 0.5) is 0 Å². The van der Waals surface area contributed by atoms with Crippen LogP contribution in [0.15, 0.2) is 48.5 Å². The lowest BCUT2D eigenvalue weighted by Gasteiger charge is -2.13. The maximum atomic E-state index is 12.4. The number of carbonyl (C=O) groups is 4. The van der Waals surface area contributed by atoms with Gasteiger partial charge in [-0.2, -0.15) is 0 Å². The molecule has 26 heavy (non-hydrogen) atoms. The second kappa shape index (κ2) is 6.11. The number of imide groups is 1. The number of hydroxylamine groups is 2. The van der Waals surface area contributed by atoms with Gasteiger partial charge in [-0.25, -0.2) is 4.79 Å². The molecule has 2 aliphatic rings. The highest BCUT2D eigenvalue weighted by Crippen LogP contribution is 2.23. The molecule has 0 saturated heterocycles. The van der Waals surface area contributed by atoms with E-state index in [-0.39, 0.29) is 28.6 Å². The lowest BCUT2D eigenvalue weighted by Crippen LogP contribution is -2.32. The fraction of sp³-hybridized carbons (Fsp3) is 0.158. The number of nitrogens with zero attached hydrogens (tertiary/aromatic N) is 1. The molecule has 0 aromatic heterocycles. The number of hydrogen-bond donors (Lipinski definition) is 1. The van der Waals surface area contributed by atoms with E-state index in [1.54, 1.807) is 24.3 Å². The highest BCUT2D eigenvalue weighted by atomic mass is 16.7. The Morgan fingerprint density at radius 2 is 1.54 bits per heavy atom. The lowest BCUT2D eigenvalue weighted by molar-refractivity contribution is -0.0584. The highest BCUT2D eigenvalue weighted by Gasteiger charge is 2.38. The van der Waals surface area contributed by atoms with Crippen LogP contribution in [0.5, 0.6) is 0 Å². The Morgan fingerprint density at radius 1 is 0.923 bits per heavy atom. The van der Waals surface area contributed by atoms with Crippen molar-refractivity contribution >= 4 is 23.7 Å². The van der Waals surface area contributed by atoms with Crippen molar-refractivity contribution in [3.8, 4) is 0 Å². The lowest BCUT2D eigenvalue weighted by atomic mass is 10.1. The first kappa shape index (κ1) is 16.0. The molecule has 1 aliphatic carbocycles. The van der Waals surface area contributed by atoms with Gasteiger partial charge >= 0.3 is 5.97 Å². The van der Waals surface area contributed by atoms with E-state index in [1.165, 1.54) is 24.3 Å². The standard InChI is InChI=1S/C19H14N2O5/c22-16(20-13-8-9-13)11-4-3-5-12(10-11)19(25)26-21-17(23)14-6-1-2-7-15(14)18(21)24/h1-7,10,13H,8-9H2,(H,20,22). The van der Waals surface area contributed by atoms with Crippen LogP contribution in [0.1, 0.15) is 54.3 Å². The Kier molecular flexibility index (Phi) is 3.76. The molecule has 0 spiro atoms. The Morgan fingerprint density at radius 3 is 2.15 bits per heavy atom. The number of nitrogens with one attached hydrogen (secondary N) is 1. The fourth-order valence-electron chi connectivity index (χ4n) is 2.67. The molecular formula is C19H14N2O5. The van der Waals surface area contributed by atoms with Gasteiger partial charge < -0.3 is 10.2 Å². The zero-order valence-electron chi connectivity index (χ0n) is 13.6. The van der Waals surface area contributed by atoms with Crippen LogP contribution in [0.25, 0.3) is 0 Å². The molecular weight excluding hydrogens is 336 g/mol. The van der Waals surface area contributed by atoms with Crippen LogP contribution >= 0.6 is 0 Å². The predicted molar refractivity (Wildman–Crippen MR) is 89.3 cm³/mol. The summed E-state index contributed by atoms with van der Waals surface area (Å²) < 4.78 is 0. The zero-order valence-corrected chi connectivity index (χ0v) is 13.6. The zero-order chi connectivity index (χ0) is 18.3. The molecule has 4 rings (SSSR count). The van der Waals surface area contributed by atoms with Crippen LogP contribution in [-0.2, 0) is 4.84 Å². The van der Waals surface area contributed by atoms with Gasteiger partial charge in [0.15, 0.2) is 0 Å². The third-order valence-electron chi connectivity index (χ3n) is 4.20. The van der Waals surface area contributed by atoms with Crippen LogP contribution in [0.3, 0.4) is 0 Å². The molecule has 2 aromatic rings. The highest BCUT2D eigenvalue weighted by molar-refractivity contribution is 6.21. The number of amides is 3. The summed E-state index contributed by atoms with van der Waals surface area (Å²) in [4.78, 5) is 53.9. The first-order valence-electron chi connectivity index (χ1n) is 8.15. The van der Waals surface area contributed by atoms with Crippen molar-refractivity contribution in [2.45, 2.75) is 18.9 Å². The van der Waals surface area contributed by atoms with E-state index >= 15 is 0 Å². The minimum Gasteiger partial charge on any atom is -0.349 e. The topological polar surface area (TPSA) is 92.8 Å². The Balaban J connectivity index is 1.51. The fourth-order valence-corrected chi connectivity index (χ4v) is 2.67. The summed E-state index contributed by atoms with van der Waals surface area (Å²) in [7, 11) is 0. The van der Waals surface area contributed by atoms with E-state index in [9.17, 15) is 19.2 Å². The summed E-state index contributed by atoms with van der Waals surface area (Å²) >= 11 is 0. The molecule has 0 radical (unpaired) electrons. The molecule has 130 valence electrons. The van der Waals surface area contributed by atoms with Crippen LogP contribution in [0, 0.1) is 0 Å². The van der Waals surface area contributed by atoms with Crippen molar-refractivity contribution in [3.05, 3.63) is 70.8 Å². The maximum Gasteiger partial charge on any atom is 0.363 e. The number of carbonyl (C=O) groups excluding carboxylic acids is 4. The third kappa shape index (κ3) is 2.83. The van der Waals surface area contributed by atoms with Crippen molar-refractivity contribution in [2.24, 2.45) is 0 Å². The Hall–Kier alpha value is -3.48. The van der Waals surface area contributed by atoms with E-state index in [2.05, 4.69) is 5.32 Å². The molecule has 1 saturated carbocycles. The van der Waals surface area contributed by atoms with Gasteiger partial charge in [-0.15, -0.1) is 0 Å². The molecule has 1 N–H and O–H groups in total. The predicted octanol–water partition coefficient (Wildman–Crippen LogP) is 1.95. The average molecular weight is 350 g/mol. The van der Waals surface area contributed by atoms with Gasteiger partial charge in [0.2, 0.25) is 0 Å². The summed E-state index contributed by atoms with van der Waals surface area (Å²) in [5.74, 6) is -2.55. The summed E-state index contributed by atoms with van der Waals surface area (Å²) in [5.41, 5.74) is 0.754. The molecule has 1 fully saturated rings. The second-order valence-corrected chi connectivity index (χ2v) is 6.16. The average Bonchev–Trinajstić information content (AvgIpc) is 3.45. The van der Waals surface area contributed by atoms with Crippen molar-refractivity contribution in [1.82, 2.24) is 10.4 Å². The monoisotopic (exact) mass is 350 g/mol. The first-order valence-corrected chi connectivity index (χ1v) is 8.15. The minimum atomic E-state index is -0.888. The van der Waals surface area contributed by atoms with Crippen LogP contribution in [0.2, 0.25) is 0 Å². The van der Waals surface area contributed by atoms with Crippen LogP contribution in [-0.4, -0.2) is 34.8 Å². The number of rotatable bonds is 4. The van der Waals surface area contributed by atoms with Crippen LogP contribution < -0.4 is 5.32 Å². The summed E-state index contributed by atoms with van der Waals surface area (Å²) in [6, 6.07) is 12.4. The number of hydrogen-bond acceptors (Lipinski definition) is 5. The quantitative estimate of drug-likeness (QED) is 0.851. The first-order chi connectivity index (χ1) is 12.5. The summed E-state index contributed by atoms with van der Waals surface area (Å²) in [5, 5.41) is 3.27. The number of fused-ring (bicyclic) bond motifs is 1. The molecule has 0 bridgehead atoms. The Labute approximate surface area is 148 Å². The van der Waals surface area contributed by atoms with Gasteiger partial charge in [0.05, 0.1) is 16.7 Å². The van der Waals surface area contributed by atoms with Gasteiger partial charge in [0, 0.05) is 11.6 Å². The SMILES string of the molecule is O=C(NC1CC1)c1cccc(C(=O)ON2C(=O)c3ccccc3C2=O)c1. The molecule has 0 unspecified atom stereocenters. The van der Waals surface area contributed by atoms with Gasteiger partial charge in [0.1, 0.15) is 0 Å². The molecule has 1 aliphatic heterocycles. The normalized spacial score (nSPS) is 15.6. The van der Waals surface area contributed by atoms with Gasteiger partial charge in [-0.3, -0.25) is 14.4 Å². The molecule has 7 heteroatoms. The summed E-state index contributed by atoms with van der Waals surface area (Å²) in [6.07, 6.45) is 1.90. The largest absolute Gasteiger partial charge is 0.363 e. The van der Waals surface area contributed by atoms with E-state index in [0.717, 1.165) is 12.8 Å². The molecule has 7 nitrogen and oxygen atoms in total. The minimum absolute atomic E-state index is 0.0741. The van der Waals surface area contributed by atoms with Gasteiger partial charge in [0.25, 0.3) is 17.7 Å². The number of benzene rings is 2. The molecule has 2 aromatic carbocycles. The van der Waals surface area contributed by atoms with Gasteiger partial charge in [-0.05, 0) is 43.2 Å². The molecule has 3 amide bonds. The van der Waals surface area contributed by atoms with Crippen molar-refractivity contribution in [2.75, 3.05) is 0 Å². The van der Waals surface area contributed by atoms with Crippen molar-refractivity contribution in [3.63, 3.8) is 0 Å². The molecule has 1 heterocycles. The van der Waals surface area contributed by atoms with E-state index in [0.29, 0.717) is 10.6 Å². The second-order valence-electron chi connectivity index (χ2n) is 6.16. The van der Waals surface area contributed by atoms with Crippen molar-refractivity contribution < 1.29 is 24.0 Å². The van der Waals surface area contributed by atoms with E-state index in [4.69, 9.17) is 4.84 Å². The van der Waals surface area contributed by atoms with E-state index in [1.807, 2.05) is 0 Å². The van der Waals surface area contributed by atoms with Crippen molar-refractivity contribution in [1.29, 1.82) is 0 Å².